The van der Waals surface area contributed by atoms with E-state index in [1.807, 2.05) is 18.7 Å². The molecule has 0 bridgehead atoms. The van der Waals surface area contributed by atoms with Crippen LogP contribution in [0.15, 0.2) is 12.7 Å². The maximum absolute atomic E-state index is 12.2. The molecule has 21 heavy (non-hydrogen) atoms. The first-order chi connectivity index (χ1) is 10.2. The Balaban J connectivity index is 1.69. The molecule has 0 saturated carbocycles. The number of carbonyl (C=O) groups is 1. The second-order valence-electron chi connectivity index (χ2n) is 5.64. The van der Waals surface area contributed by atoms with Gasteiger partial charge in [-0.3, -0.25) is 9.48 Å². The minimum absolute atomic E-state index is 0.0822. The Morgan fingerprint density at radius 3 is 2.86 bits per heavy atom. The van der Waals surface area contributed by atoms with Crippen LogP contribution in [0.2, 0.25) is 0 Å². The van der Waals surface area contributed by atoms with Gasteiger partial charge in [-0.15, -0.1) is 0 Å². The molecule has 2 rings (SSSR count). The van der Waals surface area contributed by atoms with E-state index in [9.17, 15) is 4.79 Å². The molecule has 0 spiro atoms. The van der Waals surface area contributed by atoms with Crippen LogP contribution in [0.5, 0.6) is 0 Å². The van der Waals surface area contributed by atoms with Gasteiger partial charge in [0, 0.05) is 31.4 Å². The van der Waals surface area contributed by atoms with Crippen molar-refractivity contribution >= 4 is 17.7 Å². The molecule has 1 unspecified atom stereocenters. The summed E-state index contributed by atoms with van der Waals surface area (Å²) in [6, 6.07) is 0.321. The maximum atomic E-state index is 12.2. The van der Waals surface area contributed by atoms with Crippen molar-refractivity contribution in [1.29, 1.82) is 0 Å². The van der Waals surface area contributed by atoms with Gasteiger partial charge < -0.3 is 10.2 Å². The molecule has 0 aliphatic carbocycles. The Morgan fingerprint density at radius 1 is 1.48 bits per heavy atom. The highest BCUT2D eigenvalue weighted by molar-refractivity contribution is 7.98. The van der Waals surface area contributed by atoms with Gasteiger partial charge in [0.05, 0.1) is 12.5 Å². The summed E-state index contributed by atoms with van der Waals surface area (Å²) < 4.78 is 1.70. The zero-order valence-electron chi connectivity index (χ0n) is 12.9. The van der Waals surface area contributed by atoms with Crippen LogP contribution < -0.4 is 5.32 Å². The van der Waals surface area contributed by atoms with E-state index >= 15 is 0 Å². The van der Waals surface area contributed by atoms with E-state index in [1.165, 1.54) is 12.1 Å². The SMILES string of the molecule is CSCCN1CCC(NC(=O)C(C)Cn2cncn2)CC1. The summed E-state index contributed by atoms with van der Waals surface area (Å²) >= 11 is 1.89. The summed E-state index contributed by atoms with van der Waals surface area (Å²) in [7, 11) is 0. The quantitative estimate of drug-likeness (QED) is 0.809. The Labute approximate surface area is 130 Å². The molecular formula is C14H25N5OS. The number of nitrogens with zero attached hydrogens (tertiary/aromatic N) is 4. The van der Waals surface area contributed by atoms with Crippen LogP contribution >= 0.6 is 11.8 Å². The highest BCUT2D eigenvalue weighted by atomic mass is 32.2. The van der Waals surface area contributed by atoms with Crippen molar-refractivity contribution in [3.8, 4) is 0 Å². The molecule has 1 aliphatic heterocycles. The maximum Gasteiger partial charge on any atom is 0.224 e. The molecule has 0 aromatic carbocycles. The van der Waals surface area contributed by atoms with Gasteiger partial charge in [-0.05, 0) is 19.1 Å². The fraction of sp³-hybridized carbons (Fsp3) is 0.786. The van der Waals surface area contributed by atoms with E-state index in [0.29, 0.717) is 12.6 Å². The number of hydrogen-bond acceptors (Lipinski definition) is 5. The predicted octanol–water partition coefficient (Wildman–Crippen LogP) is 0.858. The summed E-state index contributed by atoms with van der Waals surface area (Å²) in [6.45, 7) is 5.85. The van der Waals surface area contributed by atoms with Gasteiger partial charge in [-0.2, -0.15) is 16.9 Å². The van der Waals surface area contributed by atoms with Gasteiger partial charge in [0.25, 0.3) is 0 Å². The van der Waals surface area contributed by atoms with E-state index in [0.717, 1.165) is 32.5 Å². The molecule has 1 amide bonds. The highest BCUT2D eigenvalue weighted by Crippen LogP contribution is 2.12. The summed E-state index contributed by atoms with van der Waals surface area (Å²) in [5.74, 6) is 1.22. The van der Waals surface area contributed by atoms with E-state index in [4.69, 9.17) is 0 Å². The average molecular weight is 311 g/mol. The number of carbonyl (C=O) groups excluding carboxylic acids is 1. The number of aromatic nitrogens is 3. The summed E-state index contributed by atoms with van der Waals surface area (Å²) in [4.78, 5) is 18.6. The third kappa shape index (κ3) is 5.32. The number of rotatable bonds is 7. The first-order valence-corrected chi connectivity index (χ1v) is 8.92. The molecule has 1 N–H and O–H groups in total. The van der Waals surface area contributed by atoms with Crippen molar-refractivity contribution in [3.63, 3.8) is 0 Å². The molecule has 0 radical (unpaired) electrons. The monoisotopic (exact) mass is 311 g/mol. The smallest absolute Gasteiger partial charge is 0.224 e. The zero-order chi connectivity index (χ0) is 15.1. The lowest BCUT2D eigenvalue weighted by Gasteiger charge is -2.32. The molecule has 1 aromatic rings. The lowest BCUT2D eigenvalue weighted by Crippen LogP contribution is -2.46. The van der Waals surface area contributed by atoms with Crippen LogP contribution in [0.25, 0.3) is 0 Å². The Bertz CT molecular complexity index is 417. The van der Waals surface area contributed by atoms with Crippen molar-refractivity contribution in [1.82, 2.24) is 25.0 Å². The van der Waals surface area contributed by atoms with E-state index in [2.05, 4.69) is 26.6 Å². The first-order valence-electron chi connectivity index (χ1n) is 7.53. The molecular weight excluding hydrogens is 286 g/mol. The van der Waals surface area contributed by atoms with Crippen LogP contribution in [0.4, 0.5) is 0 Å². The van der Waals surface area contributed by atoms with E-state index in [1.54, 1.807) is 11.0 Å². The van der Waals surface area contributed by atoms with Crippen LogP contribution in [-0.4, -0.2) is 63.3 Å². The number of nitrogens with one attached hydrogen (secondary N) is 1. The summed E-state index contributed by atoms with van der Waals surface area (Å²) in [5, 5.41) is 7.22. The van der Waals surface area contributed by atoms with Crippen LogP contribution in [-0.2, 0) is 11.3 Å². The van der Waals surface area contributed by atoms with Gasteiger partial charge in [0.1, 0.15) is 12.7 Å². The molecule has 2 heterocycles. The normalized spacial score (nSPS) is 18.6. The Morgan fingerprint density at radius 2 is 2.24 bits per heavy atom. The van der Waals surface area contributed by atoms with Crippen LogP contribution in [0.1, 0.15) is 19.8 Å². The number of amides is 1. The van der Waals surface area contributed by atoms with Gasteiger partial charge in [-0.25, -0.2) is 4.98 Å². The van der Waals surface area contributed by atoms with Crippen LogP contribution in [0, 0.1) is 5.92 Å². The number of likely N-dealkylation sites (tertiary alicyclic amines) is 1. The number of piperidine rings is 1. The second kappa shape index (κ2) is 8.38. The van der Waals surface area contributed by atoms with E-state index < -0.39 is 0 Å². The van der Waals surface area contributed by atoms with Gasteiger partial charge in [0.2, 0.25) is 5.91 Å². The largest absolute Gasteiger partial charge is 0.353 e. The number of hydrogen-bond donors (Lipinski definition) is 1. The molecule has 7 heteroatoms. The fourth-order valence-electron chi connectivity index (χ4n) is 2.56. The standard InChI is InChI=1S/C14H25N5OS/c1-12(9-19-11-15-10-16-19)14(20)17-13-3-5-18(6-4-13)7-8-21-2/h10-13H,3-9H2,1-2H3,(H,17,20). The fourth-order valence-corrected chi connectivity index (χ4v) is 3.00. The lowest BCUT2D eigenvalue weighted by atomic mass is 10.0. The van der Waals surface area contributed by atoms with Crippen molar-refractivity contribution < 1.29 is 4.79 Å². The number of thioether (sulfide) groups is 1. The minimum atomic E-state index is -0.0822. The molecule has 1 saturated heterocycles. The van der Waals surface area contributed by atoms with Gasteiger partial charge >= 0.3 is 0 Å². The van der Waals surface area contributed by atoms with Crippen LogP contribution in [0.3, 0.4) is 0 Å². The molecule has 1 atom stereocenters. The van der Waals surface area contributed by atoms with Crippen molar-refractivity contribution in [3.05, 3.63) is 12.7 Å². The lowest BCUT2D eigenvalue weighted by molar-refractivity contribution is -0.126. The zero-order valence-corrected chi connectivity index (χ0v) is 13.7. The third-order valence-electron chi connectivity index (χ3n) is 3.92. The second-order valence-corrected chi connectivity index (χ2v) is 6.62. The molecule has 1 fully saturated rings. The minimum Gasteiger partial charge on any atom is -0.353 e. The molecule has 6 nitrogen and oxygen atoms in total. The van der Waals surface area contributed by atoms with Crippen molar-refractivity contribution in [2.24, 2.45) is 5.92 Å². The van der Waals surface area contributed by atoms with Crippen molar-refractivity contribution in [2.45, 2.75) is 32.4 Å². The third-order valence-corrected chi connectivity index (χ3v) is 4.51. The molecule has 1 aromatic heterocycles. The van der Waals surface area contributed by atoms with Crippen molar-refractivity contribution in [2.75, 3.05) is 31.6 Å². The Hall–Kier alpha value is -1.08. The highest BCUT2D eigenvalue weighted by Gasteiger charge is 2.22. The van der Waals surface area contributed by atoms with E-state index in [-0.39, 0.29) is 11.8 Å². The average Bonchev–Trinajstić information content (AvgIpc) is 2.99. The first kappa shape index (κ1) is 16.3. The molecule has 118 valence electrons. The summed E-state index contributed by atoms with van der Waals surface area (Å²) in [5.41, 5.74) is 0. The molecule has 1 aliphatic rings. The topological polar surface area (TPSA) is 63.1 Å². The predicted molar refractivity (Wildman–Crippen MR) is 85.2 cm³/mol. The summed E-state index contributed by atoms with van der Waals surface area (Å²) in [6.07, 6.45) is 7.39. The van der Waals surface area contributed by atoms with Gasteiger partial charge in [0.15, 0.2) is 0 Å². The van der Waals surface area contributed by atoms with Gasteiger partial charge in [-0.1, -0.05) is 6.92 Å². The Kier molecular flexibility index (Phi) is 6.50.